The summed E-state index contributed by atoms with van der Waals surface area (Å²) in [6.45, 7) is 4.30. The lowest BCUT2D eigenvalue weighted by molar-refractivity contribution is 0.100. The van der Waals surface area contributed by atoms with Gasteiger partial charge in [-0.25, -0.2) is 0 Å². The minimum absolute atomic E-state index is 0.549. The van der Waals surface area contributed by atoms with Crippen molar-refractivity contribution in [2.75, 3.05) is 13.2 Å². The first kappa shape index (κ1) is 15.1. The van der Waals surface area contributed by atoms with Gasteiger partial charge in [0.25, 0.3) is 0 Å². The maximum Gasteiger partial charge on any atom is 0.0576 e. The Kier molecular flexibility index (Phi) is 5.32. The highest BCUT2D eigenvalue weighted by Crippen LogP contribution is 2.30. The van der Waals surface area contributed by atoms with Crippen molar-refractivity contribution in [3.8, 4) is 0 Å². The van der Waals surface area contributed by atoms with Crippen LogP contribution in [-0.4, -0.2) is 25.3 Å². The van der Waals surface area contributed by atoms with Crippen molar-refractivity contribution in [3.63, 3.8) is 0 Å². The molecule has 0 aromatic heterocycles. The predicted octanol–water partition coefficient (Wildman–Crippen LogP) is 3.73. The zero-order valence-electron chi connectivity index (χ0n) is 13.3. The van der Waals surface area contributed by atoms with Gasteiger partial charge in [0, 0.05) is 12.6 Å². The second-order valence-corrected chi connectivity index (χ2v) is 6.67. The highest BCUT2D eigenvalue weighted by molar-refractivity contribution is 5.32. The van der Waals surface area contributed by atoms with Crippen molar-refractivity contribution in [1.29, 1.82) is 0 Å². The van der Waals surface area contributed by atoms with E-state index in [-0.39, 0.29) is 0 Å². The Morgan fingerprint density at radius 2 is 2.00 bits per heavy atom. The molecule has 0 spiro atoms. The average molecular weight is 287 g/mol. The molecule has 1 fully saturated rings. The molecule has 0 saturated carbocycles. The predicted molar refractivity (Wildman–Crippen MR) is 87.6 cm³/mol. The zero-order valence-corrected chi connectivity index (χ0v) is 13.3. The monoisotopic (exact) mass is 287 g/mol. The lowest BCUT2D eigenvalue weighted by atomic mass is 9.91. The Hall–Kier alpha value is -0.860. The molecule has 1 aromatic rings. The van der Waals surface area contributed by atoms with Crippen LogP contribution in [-0.2, 0) is 17.6 Å². The molecule has 2 unspecified atom stereocenters. The third-order valence-corrected chi connectivity index (χ3v) is 5.18. The maximum atomic E-state index is 5.75. The van der Waals surface area contributed by atoms with E-state index in [0.29, 0.717) is 12.1 Å². The van der Waals surface area contributed by atoms with Gasteiger partial charge in [-0.3, -0.25) is 0 Å². The van der Waals surface area contributed by atoms with Crippen LogP contribution >= 0.6 is 0 Å². The van der Waals surface area contributed by atoms with Gasteiger partial charge in [0.05, 0.1) is 6.10 Å². The van der Waals surface area contributed by atoms with E-state index in [1.165, 1.54) is 44.9 Å². The molecule has 1 saturated heterocycles. The average Bonchev–Trinajstić information content (AvgIpc) is 3.15. The van der Waals surface area contributed by atoms with Crippen LogP contribution in [0.1, 0.15) is 50.2 Å². The van der Waals surface area contributed by atoms with Crippen LogP contribution in [0, 0.1) is 5.92 Å². The molecule has 1 aromatic carbocycles. The zero-order chi connectivity index (χ0) is 14.5. The van der Waals surface area contributed by atoms with Crippen LogP contribution in [0.4, 0.5) is 0 Å². The number of hydrogen-bond acceptors (Lipinski definition) is 2. The largest absolute Gasteiger partial charge is 0.378 e. The molecule has 116 valence electrons. The minimum atomic E-state index is 0.549. The molecule has 21 heavy (non-hydrogen) atoms. The van der Waals surface area contributed by atoms with Crippen LogP contribution in [0.15, 0.2) is 24.3 Å². The fourth-order valence-corrected chi connectivity index (χ4v) is 4.08. The number of hydrogen-bond donors (Lipinski definition) is 1. The molecule has 1 aliphatic carbocycles. The van der Waals surface area contributed by atoms with Crippen LogP contribution < -0.4 is 5.32 Å². The van der Waals surface area contributed by atoms with Gasteiger partial charge in [-0.1, -0.05) is 31.2 Å². The van der Waals surface area contributed by atoms with Crippen molar-refractivity contribution in [3.05, 3.63) is 35.4 Å². The highest BCUT2D eigenvalue weighted by Gasteiger charge is 2.28. The number of ether oxygens (including phenoxy) is 1. The van der Waals surface area contributed by atoms with Gasteiger partial charge < -0.3 is 10.1 Å². The molecule has 2 atom stereocenters. The topological polar surface area (TPSA) is 21.3 Å². The van der Waals surface area contributed by atoms with Gasteiger partial charge in [0.2, 0.25) is 0 Å². The summed E-state index contributed by atoms with van der Waals surface area (Å²) in [6.07, 6.45) is 9.46. The quantitative estimate of drug-likeness (QED) is 0.825. The Bertz CT molecular complexity index is 414. The van der Waals surface area contributed by atoms with Crippen LogP contribution in [0.5, 0.6) is 0 Å². The lowest BCUT2D eigenvalue weighted by Crippen LogP contribution is -2.36. The highest BCUT2D eigenvalue weighted by atomic mass is 16.5. The third kappa shape index (κ3) is 3.87. The summed E-state index contributed by atoms with van der Waals surface area (Å²) in [5.41, 5.74) is 3.15. The number of rotatable bonds is 7. The SMILES string of the molecule is CCNC(CCCC1CCCO1)C1Cc2ccccc2C1. The van der Waals surface area contributed by atoms with Crippen molar-refractivity contribution >= 4 is 0 Å². The van der Waals surface area contributed by atoms with E-state index in [1.807, 2.05) is 0 Å². The summed E-state index contributed by atoms with van der Waals surface area (Å²) in [6, 6.07) is 9.65. The van der Waals surface area contributed by atoms with E-state index in [1.54, 1.807) is 11.1 Å². The van der Waals surface area contributed by atoms with Crippen LogP contribution in [0.25, 0.3) is 0 Å². The molecule has 0 bridgehead atoms. The van der Waals surface area contributed by atoms with Crippen molar-refractivity contribution in [2.24, 2.45) is 5.92 Å². The first-order chi connectivity index (χ1) is 10.4. The van der Waals surface area contributed by atoms with E-state index >= 15 is 0 Å². The summed E-state index contributed by atoms with van der Waals surface area (Å²) in [5.74, 6) is 0.784. The summed E-state index contributed by atoms with van der Waals surface area (Å²) >= 11 is 0. The molecule has 1 N–H and O–H groups in total. The molecule has 0 amide bonds. The first-order valence-corrected chi connectivity index (χ1v) is 8.78. The van der Waals surface area contributed by atoms with Crippen molar-refractivity contribution in [2.45, 2.75) is 64.0 Å². The number of fused-ring (bicyclic) bond motifs is 1. The maximum absolute atomic E-state index is 5.75. The normalized spacial score (nSPS) is 23.4. The van der Waals surface area contributed by atoms with Crippen LogP contribution in [0.3, 0.4) is 0 Å². The van der Waals surface area contributed by atoms with Crippen molar-refractivity contribution in [1.82, 2.24) is 5.32 Å². The smallest absolute Gasteiger partial charge is 0.0576 e. The molecular weight excluding hydrogens is 258 g/mol. The van der Waals surface area contributed by atoms with E-state index in [2.05, 4.69) is 36.5 Å². The molecule has 3 rings (SSSR count). The van der Waals surface area contributed by atoms with E-state index in [4.69, 9.17) is 4.74 Å². The number of benzene rings is 1. The molecule has 0 radical (unpaired) electrons. The molecule has 2 heteroatoms. The van der Waals surface area contributed by atoms with Gasteiger partial charge in [-0.05, 0) is 68.5 Å². The van der Waals surface area contributed by atoms with Gasteiger partial charge in [-0.2, -0.15) is 0 Å². The summed E-state index contributed by atoms with van der Waals surface area (Å²) < 4.78 is 5.75. The van der Waals surface area contributed by atoms with E-state index < -0.39 is 0 Å². The number of nitrogens with one attached hydrogen (secondary N) is 1. The van der Waals surface area contributed by atoms with Crippen LogP contribution in [0.2, 0.25) is 0 Å². The molecule has 1 aliphatic heterocycles. The first-order valence-electron chi connectivity index (χ1n) is 8.78. The molecule has 1 heterocycles. The standard InChI is InChI=1S/C19H29NO/c1-2-20-19(11-5-9-18-10-6-12-21-18)17-13-15-7-3-4-8-16(15)14-17/h3-4,7-8,17-20H,2,5-6,9-14H2,1H3. The van der Waals surface area contributed by atoms with E-state index in [0.717, 1.165) is 19.1 Å². The Morgan fingerprint density at radius 3 is 2.62 bits per heavy atom. The fraction of sp³-hybridized carbons (Fsp3) is 0.684. The Morgan fingerprint density at radius 1 is 1.24 bits per heavy atom. The van der Waals surface area contributed by atoms with Gasteiger partial charge in [0.15, 0.2) is 0 Å². The second-order valence-electron chi connectivity index (χ2n) is 6.67. The molecule has 2 aliphatic rings. The van der Waals surface area contributed by atoms with Gasteiger partial charge >= 0.3 is 0 Å². The summed E-state index contributed by atoms with van der Waals surface area (Å²) in [7, 11) is 0. The lowest BCUT2D eigenvalue weighted by Gasteiger charge is -2.25. The Labute approximate surface area is 129 Å². The third-order valence-electron chi connectivity index (χ3n) is 5.18. The minimum Gasteiger partial charge on any atom is -0.378 e. The van der Waals surface area contributed by atoms with E-state index in [9.17, 15) is 0 Å². The van der Waals surface area contributed by atoms with Gasteiger partial charge in [0.1, 0.15) is 0 Å². The summed E-state index contributed by atoms with van der Waals surface area (Å²) in [4.78, 5) is 0. The molecule has 2 nitrogen and oxygen atoms in total. The fourth-order valence-electron chi connectivity index (χ4n) is 4.08. The second kappa shape index (κ2) is 7.42. The molecular formula is C19H29NO. The van der Waals surface area contributed by atoms with Crippen molar-refractivity contribution < 1.29 is 4.74 Å². The van der Waals surface area contributed by atoms with Gasteiger partial charge in [-0.15, -0.1) is 0 Å². The Balaban J connectivity index is 1.50. The summed E-state index contributed by atoms with van der Waals surface area (Å²) in [5, 5.41) is 3.74.